The van der Waals surface area contributed by atoms with Crippen molar-refractivity contribution < 1.29 is 9.53 Å². The van der Waals surface area contributed by atoms with Crippen molar-refractivity contribution >= 4 is 24.0 Å². The first-order valence-corrected chi connectivity index (χ1v) is 6.24. The topological polar surface area (TPSA) is 64.3 Å². The minimum absolute atomic E-state index is 0. The number of hydrogen-bond donors (Lipinski definition) is 2. The summed E-state index contributed by atoms with van der Waals surface area (Å²) in [4.78, 5) is 11.6. The van der Waals surface area contributed by atoms with Gasteiger partial charge in [-0.2, -0.15) is 0 Å². The van der Waals surface area contributed by atoms with E-state index in [0.29, 0.717) is 13.2 Å². The van der Waals surface area contributed by atoms with Crippen LogP contribution in [0.15, 0.2) is 24.3 Å². The Morgan fingerprint density at radius 2 is 1.84 bits per heavy atom. The van der Waals surface area contributed by atoms with Gasteiger partial charge in [-0.3, -0.25) is 4.79 Å². The highest BCUT2D eigenvalue weighted by Crippen LogP contribution is 2.12. The van der Waals surface area contributed by atoms with Crippen molar-refractivity contribution in [3.8, 4) is 0 Å². The van der Waals surface area contributed by atoms with Crippen LogP contribution in [-0.2, 0) is 16.1 Å². The van der Waals surface area contributed by atoms with E-state index in [2.05, 4.69) is 5.32 Å². The molecule has 1 aromatic rings. The second kappa shape index (κ2) is 8.91. The molecule has 0 heterocycles. The fraction of sp³-hybridized carbons (Fsp3) is 0.500. The molecule has 0 aromatic heterocycles. The molecule has 0 radical (unpaired) electrons. The van der Waals surface area contributed by atoms with E-state index in [4.69, 9.17) is 10.5 Å². The van der Waals surface area contributed by atoms with Crippen LogP contribution in [0.1, 0.15) is 26.3 Å². The molecule has 0 spiro atoms. The van der Waals surface area contributed by atoms with Crippen molar-refractivity contribution in [3.63, 3.8) is 0 Å². The molecule has 1 unspecified atom stereocenters. The van der Waals surface area contributed by atoms with Gasteiger partial charge in [-0.15, -0.1) is 12.4 Å². The number of nitrogens with two attached hydrogens (primary N) is 1. The van der Waals surface area contributed by atoms with Gasteiger partial charge in [0.25, 0.3) is 0 Å². The van der Waals surface area contributed by atoms with Crippen LogP contribution in [0.4, 0.5) is 5.69 Å². The van der Waals surface area contributed by atoms with Crippen molar-refractivity contribution in [2.45, 2.75) is 33.5 Å². The molecule has 0 bridgehead atoms. The first kappa shape index (κ1) is 17.9. The predicted molar refractivity (Wildman–Crippen MR) is 80.5 cm³/mol. The standard InChI is InChI=1S/C14H22N2O2.ClH/c1-10(2)18-9-12-4-6-13(7-5-12)16-14(17)11(3)8-15;/h4-7,10-11H,8-9,15H2,1-3H3,(H,16,17);1H. The number of carbonyl (C=O) groups excluding carboxylic acids is 1. The second-order valence-corrected chi connectivity index (χ2v) is 4.68. The summed E-state index contributed by atoms with van der Waals surface area (Å²) in [5.41, 5.74) is 7.32. The third-order valence-corrected chi connectivity index (χ3v) is 2.61. The van der Waals surface area contributed by atoms with Crippen molar-refractivity contribution in [2.24, 2.45) is 11.7 Å². The Hall–Kier alpha value is -1.10. The Balaban J connectivity index is 0.00000324. The van der Waals surface area contributed by atoms with Crippen LogP contribution >= 0.6 is 12.4 Å². The van der Waals surface area contributed by atoms with Gasteiger partial charge in [0.15, 0.2) is 0 Å². The normalized spacial score (nSPS) is 11.8. The molecular weight excluding hydrogens is 264 g/mol. The summed E-state index contributed by atoms with van der Waals surface area (Å²) in [6.07, 6.45) is 0.217. The minimum Gasteiger partial charge on any atom is -0.374 e. The fourth-order valence-electron chi connectivity index (χ4n) is 1.32. The van der Waals surface area contributed by atoms with Crippen LogP contribution in [0, 0.1) is 5.92 Å². The molecule has 0 saturated heterocycles. The molecule has 0 aliphatic rings. The lowest BCUT2D eigenvalue weighted by Crippen LogP contribution is -2.26. The summed E-state index contributed by atoms with van der Waals surface area (Å²) >= 11 is 0. The number of benzene rings is 1. The van der Waals surface area contributed by atoms with Crippen LogP contribution in [-0.4, -0.2) is 18.6 Å². The molecule has 1 atom stereocenters. The third-order valence-electron chi connectivity index (χ3n) is 2.61. The number of hydrogen-bond acceptors (Lipinski definition) is 3. The van der Waals surface area contributed by atoms with Gasteiger partial charge >= 0.3 is 0 Å². The number of ether oxygens (including phenoxy) is 1. The van der Waals surface area contributed by atoms with E-state index in [1.165, 1.54) is 0 Å². The summed E-state index contributed by atoms with van der Waals surface area (Å²) in [6.45, 7) is 6.75. The third kappa shape index (κ3) is 6.57. The Bertz CT molecular complexity index is 380. The lowest BCUT2D eigenvalue weighted by molar-refractivity contribution is -0.119. The van der Waals surface area contributed by atoms with Gasteiger partial charge in [-0.25, -0.2) is 0 Å². The van der Waals surface area contributed by atoms with Gasteiger partial charge < -0.3 is 15.8 Å². The van der Waals surface area contributed by atoms with Crippen LogP contribution in [0.2, 0.25) is 0 Å². The maximum atomic E-state index is 11.6. The smallest absolute Gasteiger partial charge is 0.228 e. The second-order valence-electron chi connectivity index (χ2n) is 4.68. The maximum absolute atomic E-state index is 11.6. The summed E-state index contributed by atoms with van der Waals surface area (Å²) in [6, 6.07) is 7.65. The van der Waals surface area contributed by atoms with E-state index in [0.717, 1.165) is 11.3 Å². The van der Waals surface area contributed by atoms with Crippen molar-refractivity contribution in [1.82, 2.24) is 0 Å². The maximum Gasteiger partial charge on any atom is 0.228 e. The van der Waals surface area contributed by atoms with Crippen LogP contribution in [0.3, 0.4) is 0 Å². The molecule has 19 heavy (non-hydrogen) atoms. The van der Waals surface area contributed by atoms with E-state index in [9.17, 15) is 4.79 Å². The summed E-state index contributed by atoms with van der Waals surface area (Å²) in [5.74, 6) is -0.224. The first-order chi connectivity index (χ1) is 8.52. The molecule has 0 saturated carbocycles. The van der Waals surface area contributed by atoms with Crippen LogP contribution < -0.4 is 11.1 Å². The number of carbonyl (C=O) groups is 1. The number of anilines is 1. The molecule has 0 fully saturated rings. The molecule has 1 amide bonds. The Labute approximate surface area is 121 Å². The van der Waals surface area contributed by atoms with E-state index in [1.807, 2.05) is 38.1 Å². The number of halogens is 1. The molecule has 5 heteroatoms. The highest BCUT2D eigenvalue weighted by molar-refractivity contribution is 5.92. The van der Waals surface area contributed by atoms with E-state index < -0.39 is 0 Å². The van der Waals surface area contributed by atoms with Crippen molar-refractivity contribution in [1.29, 1.82) is 0 Å². The molecule has 3 N–H and O–H groups in total. The lowest BCUT2D eigenvalue weighted by Gasteiger charge is -2.11. The minimum atomic E-state index is -0.172. The molecule has 4 nitrogen and oxygen atoms in total. The number of rotatable bonds is 6. The Morgan fingerprint density at radius 1 is 1.26 bits per heavy atom. The predicted octanol–water partition coefficient (Wildman–Crippen LogP) is 2.57. The van der Waals surface area contributed by atoms with Gasteiger partial charge in [0.05, 0.1) is 12.7 Å². The summed E-state index contributed by atoms with van der Waals surface area (Å²) < 4.78 is 5.50. The quantitative estimate of drug-likeness (QED) is 0.845. The van der Waals surface area contributed by atoms with Crippen molar-refractivity contribution in [2.75, 3.05) is 11.9 Å². The van der Waals surface area contributed by atoms with Gasteiger partial charge in [-0.1, -0.05) is 19.1 Å². The Kier molecular flexibility index (Phi) is 8.39. The van der Waals surface area contributed by atoms with Crippen LogP contribution in [0.5, 0.6) is 0 Å². The zero-order valence-corrected chi connectivity index (χ0v) is 12.5. The van der Waals surface area contributed by atoms with Crippen molar-refractivity contribution in [3.05, 3.63) is 29.8 Å². The molecule has 1 rings (SSSR count). The average molecular weight is 287 g/mol. The zero-order valence-electron chi connectivity index (χ0n) is 11.7. The van der Waals surface area contributed by atoms with Gasteiger partial charge in [0, 0.05) is 18.2 Å². The van der Waals surface area contributed by atoms with Gasteiger partial charge in [0.1, 0.15) is 0 Å². The molecule has 108 valence electrons. The van der Waals surface area contributed by atoms with Gasteiger partial charge in [0.2, 0.25) is 5.91 Å². The SMILES string of the molecule is CC(C)OCc1ccc(NC(=O)C(C)CN)cc1.Cl. The van der Waals surface area contributed by atoms with E-state index in [1.54, 1.807) is 6.92 Å². The number of amides is 1. The van der Waals surface area contributed by atoms with Crippen LogP contribution in [0.25, 0.3) is 0 Å². The molecule has 0 aliphatic carbocycles. The monoisotopic (exact) mass is 286 g/mol. The largest absolute Gasteiger partial charge is 0.374 e. The fourth-order valence-corrected chi connectivity index (χ4v) is 1.32. The molecular formula is C14H23ClN2O2. The number of nitrogens with one attached hydrogen (secondary N) is 1. The average Bonchev–Trinajstić information content (AvgIpc) is 2.36. The molecule has 1 aromatic carbocycles. The molecule has 0 aliphatic heterocycles. The summed E-state index contributed by atoms with van der Waals surface area (Å²) in [7, 11) is 0. The van der Waals surface area contributed by atoms with E-state index >= 15 is 0 Å². The Morgan fingerprint density at radius 3 is 2.32 bits per heavy atom. The highest BCUT2D eigenvalue weighted by Gasteiger charge is 2.10. The first-order valence-electron chi connectivity index (χ1n) is 6.24. The van der Waals surface area contributed by atoms with E-state index in [-0.39, 0.29) is 30.3 Å². The lowest BCUT2D eigenvalue weighted by atomic mass is 10.1. The zero-order chi connectivity index (χ0) is 13.5. The summed E-state index contributed by atoms with van der Waals surface area (Å²) in [5, 5.41) is 2.82. The highest BCUT2D eigenvalue weighted by atomic mass is 35.5. The van der Waals surface area contributed by atoms with Gasteiger partial charge in [-0.05, 0) is 31.5 Å².